The summed E-state index contributed by atoms with van der Waals surface area (Å²) in [6.45, 7) is 3.20. The Hall–Kier alpha value is -0.860. The van der Waals surface area contributed by atoms with Crippen LogP contribution in [0, 0.1) is 0 Å². The van der Waals surface area contributed by atoms with Crippen molar-refractivity contribution in [2.75, 3.05) is 26.7 Å². The lowest BCUT2D eigenvalue weighted by molar-refractivity contribution is 0.251. The first kappa shape index (κ1) is 11.6. The maximum absolute atomic E-state index is 5.55. The Morgan fingerprint density at radius 3 is 2.69 bits per heavy atom. The Bertz CT molecular complexity index is 318. The number of nitrogens with two attached hydrogens (primary N) is 1. The minimum absolute atomic E-state index is 0.727. The lowest BCUT2D eigenvalue weighted by Gasteiger charge is -2.30. The fourth-order valence-electron chi connectivity index (χ4n) is 2.56. The van der Waals surface area contributed by atoms with Crippen LogP contribution in [0.1, 0.15) is 29.9 Å². The quantitative estimate of drug-likeness (QED) is 0.841. The van der Waals surface area contributed by atoms with Gasteiger partial charge in [-0.1, -0.05) is 24.3 Å². The minimum Gasteiger partial charge on any atom is -0.330 e. The number of nitrogens with zero attached hydrogens (tertiary/aromatic N) is 1. The fraction of sp³-hybridized carbons (Fsp3) is 0.571. The average Bonchev–Trinajstić information content (AvgIpc) is 2.30. The van der Waals surface area contributed by atoms with E-state index in [2.05, 4.69) is 36.2 Å². The molecule has 1 unspecified atom stereocenters. The molecule has 2 rings (SSSR count). The summed E-state index contributed by atoms with van der Waals surface area (Å²) in [5, 5.41) is 0. The zero-order valence-electron chi connectivity index (χ0n) is 10.2. The van der Waals surface area contributed by atoms with Gasteiger partial charge in [0.1, 0.15) is 0 Å². The SMILES string of the molecule is CN1CCCC(c2ccc(CCN)cc2)C1. The number of rotatable bonds is 3. The highest BCUT2D eigenvalue weighted by Gasteiger charge is 2.18. The van der Waals surface area contributed by atoms with E-state index in [1.54, 1.807) is 0 Å². The number of hydrogen-bond acceptors (Lipinski definition) is 2. The summed E-state index contributed by atoms with van der Waals surface area (Å²) in [5.41, 5.74) is 8.40. The van der Waals surface area contributed by atoms with Crippen LogP contribution >= 0.6 is 0 Å². The Balaban J connectivity index is 2.03. The van der Waals surface area contributed by atoms with E-state index in [-0.39, 0.29) is 0 Å². The third-order valence-corrected chi connectivity index (χ3v) is 3.51. The number of piperidine rings is 1. The summed E-state index contributed by atoms with van der Waals surface area (Å²) in [5.74, 6) is 0.727. The van der Waals surface area contributed by atoms with Crippen molar-refractivity contribution < 1.29 is 0 Å². The molecule has 0 saturated carbocycles. The van der Waals surface area contributed by atoms with Crippen molar-refractivity contribution in [3.63, 3.8) is 0 Å². The highest BCUT2D eigenvalue weighted by Crippen LogP contribution is 2.26. The van der Waals surface area contributed by atoms with Gasteiger partial charge in [-0.15, -0.1) is 0 Å². The molecule has 0 amide bonds. The molecule has 1 heterocycles. The van der Waals surface area contributed by atoms with Crippen molar-refractivity contribution in [2.24, 2.45) is 5.73 Å². The number of benzene rings is 1. The summed E-state index contributed by atoms with van der Waals surface area (Å²) >= 11 is 0. The van der Waals surface area contributed by atoms with Gasteiger partial charge in [-0.25, -0.2) is 0 Å². The van der Waals surface area contributed by atoms with E-state index in [1.165, 1.54) is 37.1 Å². The van der Waals surface area contributed by atoms with Crippen LogP contribution in [0.5, 0.6) is 0 Å². The van der Waals surface area contributed by atoms with Crippen LogP contribution in [0.4, 0.5) is 0 Å². The van der Waals surface area contributed by atoms with Crippen LogP contribution in [0.2, 0.25) is 0 Å². The van der Waals surface area contributed by atoms with Gasteiger partial charge >= 0.3 is 0 Å². The van der Waals surface area contributed by atoms with Crippen LogP contribution in [0.3, 0.4) is 0 Å². The second-order valence-corrected chi connectivity index (χ2v) is 4.88. The van der Waals surface area contributed by atoms with Gasteiger partial charge in [-0.05, 0) is 56.4 Å². The molecule has 2 nitrogen and oxygen atoms in total. The zero-order valence-corrected chi connectivity index (χ0v) is 10.2. The Morgan fingerprint density at radius 1 is 1.31 bits per heavy atom. The highest BCUT2D eigenvalue weighted by atomic mass is 15.1. The lowest BCUT2D eigenvalue weighted by atomic mass is 9.90. The van der Waals surface area contributed by atoms with E-state index in [4.69, 9.17) is 5.73 Å². The molecular formula is C14H22N2. The van der Waals surface area contributed by atoms with Crippen molar-refractivity contribution in [3.8, 4) is 0 Å². The Morgan fingerprint density at radius 2 is 2.06 bits per heavy atom. The molecule has 0 aliphatic carbocycles. The van der Waals surface area contributed by atoms with Gasteiger partial charge in [-0.2, -0.15) is 0 Å². The molecule has 1 saturated heterocycles. The molecule has 0 spiro atoms. The van der Waals surface area contributed by atoms with Gasteiger partial charge in [0, 0.05) is 6.54 Å². The van der Waals surface area contributed by atoms with Crippen LogP contribution in [0.25, 0.3) is 0 Å². The van der Waals surface area contributed by atoms with Gasteiger partial charge in [-0.3, -0.25) is 0 Å². The molecule has 0 radical (unpaired) electrons. The Kier molecular flexibility index (Phi) is 3.97. The van der Waals surface area contributed by atoms with Crippen molar-refractivity contribution in [1.29, 1.82) is 0 Å². The van der Waals surface area contributed by atoms with E-state index >= 15 is 0 Å². The molecule has 1 fully saturated rings. The largest absolute Gasteiger partial charge is 0.330 e. The van der Waals surface area contributed by atoms with Crippen molar-refractivity contribution in [1.82, 2.24) is 4.90 Å². The van der Waals surface area contributed by atoms with Gasteiger partial charge in [0.05, 0.1) is 0 Å². The summed E-state index contributed by atoms with van der Waals surface area (Å²) in [4.78, 5) is 2.43. The second kappa shape index (κ2) is 5.46. The van der Waals surface area contributed by atoms with E-state index in [0.29, 0.717) is 0 Å². The molecule has 1 aromatic carbocycles. The third-order valence-electron chi connectivity index (χ3n) is 3.51. The van der Waals surface area contributed by atoms with Crippen molar-refractivity contribution in [3.05, 3.63) is 35.4 Å². The maximum atomic E-state index is 5.55. The molecule has 88 valence electrons. The fourth-order valence-corrected chi connectivity index (χ4v) is 2.56. The first-order valence-corrected chi connectivity index (χ1v) is 6.27. The van der Waals surface area contributed by atoms with Gasteiger partial charge in [0.15, 0.2) is 0 Å². The summed E-state index contributed by atoms with van der Waals surface area (Å²) in [6.07, 6.45) is 3.65. The zero-order chi connectivity index (χ0) is 11.4. The lowest BCUT2D eigenvalue weighted by Crippen LogP contribution is -2.30. The number of likely N-dealkylation sites (N-methyl/N-ethyl adjacent to an activating group) is 1. The molecule has 0 bridgehead atoms. The average molecular weight is 218 g/mol. The summed E-state index contributed by atoms with van der Waals surface area (Å²) in [6, 6.07) is 9.04. The summed E-state index contributed by atoms with van der Waals surface area (Å²) in [7, 11) is 2.22. The molecule has 2 N–H and O–H groups in total. The van der Waals surface area contributed by atoms with Gasteiger partial charge in [0.2, 0.25) is 0 Å². The third kappa shape index (κ3) is 2.83. The molecule has 1 atom stereocenters. The predicted octanol–water partition coefficient (Wildman–Crippen LogP) is 2.00. The van der Waals surface area contributed by atoms with E-state index < -0.39 is 0 Å². The van der Waals surface area contributed by atoms with Gasteiger partial charge in [0.25, 0.3) is 0 Å². The minimum atomic E-state index is 0.727. The molecule has 1 aliphatic rings. The van der Waals surface area contributed by atoms with Crippen LogP contribution in [0.15, 0.2) is 24.3 Å². The monoisotopic (exact) mass is 218 g/mol. The molecule has 16 heavy (non-hydrogen) atoms. The van der Waals surface area contributed by atoms with Crippen LogP contribution < -0.4 is 5.73 Å². The smallest absolute Gasteiger partial charge is 0.00472 e. The van der Waals surface area contributed by atoms with E-state index in [9.17, 15) is 0 Å². The molecule has 1 aromatic rings. The second-order valence-electron chi connectivity index (χ2n) is 4.88. The first-order chi connectivity index (χ1) is 7.79. The molecule has 0 aromatic heterocycles. The first-order valence-electron chi connectivity index (χ1n) is 6.27. The standard InChI is InChI=1S/C14H22N2/c1-16-10-2-3-14(11-16)13-6-4-12(5-7-13)8-9-15/h4-7,14H,2-3,8-11,15H2,1H3. The number of hydrogen-bond donors (Lipinski definition) is 1. The Labute approximate surface area is 98.4 Å². The molecule has 1 aliphatic heterocycles. The van der Waals surface area contributed by atoms with E-state index in [0.717, 1.165) is 18.9 Å². The topological polar surface area (TPSA) is 29.3 Å². The van der Waals surface area contributed by atoms with Crippen LogP contribution in [-0.2, 0) is 6.42 Å². The van der Waals surface area contributed by atoms with Crippen molar-refractivity contribution >= 4 is 0 Å². The number of likely N-dealkylation sites (tertiary alicyclic amines) is 1. The predicted molar refractivity (Wildman–Crippen MR) is 68.7 cm³/mol. The molecule has 2 heteroatoms. The van der Waals surface area contributed by atoms with Gasteiger partial charge < -0.3 is 10.6 Å². The summed E-state index contributed by atoms with van der Waals surface area (Å²) < 4.78 is 0. The van der Waals surface area contributed by atoms with Crippen molar-refractivity contribution in [2.45, 2.75) is 25.2 Å². The maximum Gasteiger partial charge on any atom is 0.00472 e. The molecular weight excluding hydrogens is 196 g/mol. The normalized spacial score (nSPS) is 22.2. The van der Waals surface area contributed by atoms with Crippen LogP contribution in [-0.4, -0.2) is 31.6 Å². The van der Waals surface area contributed by atoms with E-state index in [1.807, 2.05) is 0 Å². The highest BCUT2D eigenvalue weighted by molar-refractivity contribution is 5.26.